The van der Waals surface area contributed by atoms with Crippen molar-refractivity contribution in [2.45, 2.75) is 4.90 Å². The number of benzene rings is 1. The monoisotopic (exact) mass is 387 g/mol. The SMILES string of the molecule is O=S(=O)(NC1=NC/C(=C\CN2CCOCC2)S1)c1ccc(Cl)cc1. The largest absolute Gasteiger partial charge is 0.379 e. The van der Waals surface area contributed by atoms with Gasteiger partial charge in [0, 0.05) is 29.6 Å². The lowest BCUT2D eigenvalue weighted by atomic mass is 10.4. The topological polar surface area (TPSA) is 71.0 Å². The average molecular weight is 388 g/mol. The number of nitrogens with one attached hydrogen (secondary N) is 1. The molecule has 130 valence electrons. The number of ether oxygens (including phenoxy) is 1. The number of aliphatic imine (C=N–C) groups is 1. The maximum Gasteiger partial charge on any atom is 0.263 e. The van der Waals surface area contributed by atoms with Crippen LogP contribution in [-0.4, -0.2) is 57.9 Å². The molecule has 2 heterocycles. The van der Waals surface area contributed by atoms with E-state index in [1.807, 2.05) is 0 Å². The van der Waals surface area contributed by atoms with Gasteiger partial charge in [-0.2, -0.15) is 0 Å². The normalized spacial score (nSPS) is 21.0. The van der Waals surface area contributed by atoms with Crippen LogP contribution in [0.2, 0.25) is 5.02 Å². The van der Waals surface area contributed by atoms with Crippen LogP contribution in [0.3, 0.4) is 0 Å². The van der Waals surface area contributed by atoms with Crippen molar-refractivity contribution in [3.05, 3.63) is 40.3 Å². The van der Waals surface area contributed by atoms with Crippen LogP contribution in [0.15, 0.2) is 45.1 Å². The molecular weight excluding hydrogens is 370 g/mol. The predicted molar refractivity (Wildman–Crippen MR) is 97.0 cm³/mol. The summed E-state index contributed by atoms with van der Waals surface area (Å²) in [5, 5.41) is 0.896. The molecule has 1 aromatic rings. The van der Waals surface area contributed by atoms with Crippen LogP contribution < -0.4 is 4.72 Å². The van der Waals surface area contributed by atoms with Crippen molar-refractivity contribution in [1.29, 1.82) is 0 Å². The lowest BCUT2D eigenvalue weighted by Gasteiger charge is -2.25. The third-order valence-electron chi connectivity index (χ3n) is 3.63. The van der Waals surface area contributed by atoms with Crippen molar-refractivity contribution in [2.75, 3.05) is 39.4 Å². The van der Waals surface area contributed by atoms with Crippen molar-refractivity contribution in [1.82, 2.24) is 9.62 Å². The van der Waals surface area contributed by atoms with Gasteiger partial charge in [-0.1, -0.05) is 29.4 Å². The van der Waals surface area contributed by atoms with Crippen LogP contribution in [0, 0.1) is 0 Å². The van der Waals surface area contributed by atoms with Gasteiger partial charge in [-0.3, -0.25) is 14.6 Å². The van der Waals surface area contributed by atoms with E-state index < -0.39 is 10.0 Å². The Morgan fingerprint density at radius 3 is 2.71 bits per heavy atom. The lowest BCUT2D eigenvalue weighted by molar-refractivity contribution is 0.0434. The third-order valence-corrected chi connectivity index (χ3v) is 6.35. The van der Waals surface area contributed by atoms with Crippen molar-refractivity contribution < 1.29 is 13.2 Å². The molecule has 2 aliphatic rings. The van der Waals surface area contributed by atoms with Crippen LogP contribution in [0.1, 0.15) is 0 Å². The van der Waals surface area contributed by atoms with E-state index in [1.165, 1.54) is 23.9 Å². The number of amidine groups is 1. The van der Waals surface area contributed by atoms with Gasteiger partial charge in [0.25, 0.3) is 10.0 Å². The van der Waals surface area contributed by atoms with E-state index in [0.29, 0.717) is 16.7 Å². The summed E-state index contributed by atoms with van der Waals surface area (Å²) < 4.78 is 32.5. The summed E-state index contributed by atoms with van der Waals surface area (Å²) in [5.41, 5.74) is 0. The summed E-state index contributed by atoms with van der Waals surface area (Å²) in [4.78, 5) is 7.78. The highest BCUT2D eigenvalue weighted by Crippen LogP contribution is 2.25. The fourth-order valence-corrected chi connectivity index (χ4v) is 4.49. The van der Waals surface area contributed by atoms with Crippen LogP contribution in [0.5, 0.6) is 0 Å². The highest BCUT2D eigenvalue weighted by Gasteiger charge is 2.21. The molecule has 0 radical (unpaired) electrons. The number of hydrogen-bond acceptors (Lipinski definition) is 6. The van der Waals surface area contributed by atoms with E-state index in [4.69, 9.17) is 16.3 Å². The van der Waals surface area contributed by atoms with Gasteiger partial charge in [-0.25, -0.2) is 8.42 Å². The second-order valence-electron chi connectivity index (χ2n) is 5.37. The van der Waals surface area contributed by atoms with E-state index in [2.05, 4.69) is 20.7 Å². The minimum absolute atomic E-state index is 0.168. The van der Waals surface area contributed by atoms with E-state index >= 15 is 0 Å². The molecule has 9 heteroatoms. The molecule has 0 atom stereocenters. The summed E-state index contributed by atoms with van der Waals surface area (Å²) >= 11 is 7.15. The first-order valence-corrected chi connectivity index (χ1v) is 10.2. The van der Waals surface area contributed by atoms with E-state index in [-0.39, 0.29) is 4.90 Å². The number of thioether (sulfide) groups is 1. The number of morpholine rings is 1. The molecule has 2 aliphatic heterocycles. The molecule has 3 rings (SSSR count). The first kappa shape index (κ1) is 17.8. The first-order valence-electron chi connectivity index (χ1n) is 7.53. The quantitative estimate of drug-likeness (QED) is 0.854. The number of rotatable bonds is 4. The predicted octanol–water partition coefficient (Wildman–Crippen LogP) is 1.94. The molecule has 0 amide bonds. The Balaban J connectivity index is 1.56. The Morgan fingerprint density at radius 1 is 1.29 bits per heavy atom. The van der Waals surface area contributed by atoms with Crippen LogP contribution in [-0.2, 0) is 14.8 Å². The molecule has 24 heavy (non-hydrogen) atoms. The fourth-order valence-electron chi connectivity index (χ4n) is 2.30. The standard InChI is InChI=1S/C15H18ClN3O3S2/c16-12-1-3-14(4-2-12)24(20,21)18-15-17-11-13(23-15)5-6-19-7-9-22-10-8-19/h1-5H,6-11H2,(H,17,18)/b13-5+. The Hall–Kier alpha value is -1.06. The molecule has 0 aliphatic carbocycles. The average Bonchev–Trinajstić information content (AvgIpc) is 3.01. The number of halogens is 1. The van der Waals surface area contributed by atoms with Gasteiger partial charge in [0.15, 0.2) is 5.17 Å². The zero-order chi connectivity index (χ0) is 17.0. The van der Waals surface area contributed by atoms with E-state index in [9.17, 15) is 8.42 Å². The summed E-state index contributed by atoms with van der Waals surface area (Å²) in [6.45, 7) is 4.71. The zero-order valence-corrected chi connectivity index (χ0v) is 15.3. The Bertz CT molecular complexity index is 742. The van der Waals surface area contributed by atoms with Crippen LogP contribution >= 0.6 is 23.4 Å². The smallest absolute Gasteiger partial charge is 0.263 e. The number of sulfonamides is 1. The molecule has 1 N–H and O–H groups in total. The van der Waals surface area contributed by atoms with Gasteiger partial charge in [-0.05, 0) is 24.3 Å². The first-order chi connectivity index (χ1) is 11.5. The fraction of sp³-hybridized carbons (Fsp3) is 0.400. The molecule has 1 fully saturated rings. The van der Waals surface area contributed by atoms with Gasteiger partial charge in [0.05, 0.1) is 24.7 Å². The van der Waals surface area contributed by atoms with Crippen molar-refractivity contribution >= 4 is 38.6 Å². The lowest BCUT2D eigenvalue weighted by Crippen LogP contribution is -2.36. The number of hydrogen-bond donors (Lipinski definition) is 1. The van der Waals surface area contributed by atoms with Crippen LogP contribution in [0.25, 0.3) is 0 Å². The number of nitrogens with zero attached hydrogens (tertiary/aromatic N) is 2. The molecule has 0 unspecified atom stereocenters. The van der Waals surface area contributed by atoms with Crippen molar-refractivity contribution in [3.63, 3.8) is 0 Å². The Morgan fingerprint density at radius 2 is 2.00 bits per heavy atom. The summed E-state index contributed by atoms with van der Waals surface area (Å²) in [6, 6.07) is 6.04. The van der Waals surface area contributed by atoms with Gasteiger partial charge in [-0.15, -0.1) is 0 Å². The molecule has 1 aromatic carbocycles. The zero-order valence-electron chi connectivity index (χ0n) is 12.9. The molecular formula is C15H18ClN3O3S2. The summed E-state index contributed by atoms with van der Waals surface area (Å²) in [6.07, 6.45) is 2.10. The maximum atomic E-state index is 12.3. The highest BCUT2D eigenvalue weighted by molar-refractivity contribution is 8.18. The minimum Gasteiger partial charge on any atom is -0.379 e. The van der Waals surface area contributed by atoms with E-state index in [1.54, 1.807) is 12.1 Å². The molecule has 0 bridgehead atoms. The van der Waals surface area contributed by atoms with Gasteiger partial charge in [0.1, 0.15) is 0 Å². The molecule has 6 nitrogen and oxygen atoms in total. The molecule has 0 saturated carbocycles. The minimum atomic E-state index is -3.63. The highest BCUT2D eigenvalue weighted by atomic mass is 35.5. The second kappa shape index (κ2) is 7.88. The van der Waals surface area contributed by atoms with E-state index in [0.717, 1.165) is 37.8 Å². The summed E-state index contributed by atoms with van der Waals surface area (Å²) in [7, 11) is -3.63. The molecule has 1 saturated heterocycles. The van der Waals surface area contributed by atoms with Crippen molar-refractivity contribution in [2.24, 2.45) is 4.99 Å². The van der Waals surface area contributed by atoms with Gasteiger partial charge >= 0.3 is 0 Å². The maximum absolute atomic E-state index is 12.3. The van der Waals surface area contributed by atoms with Crippen LogP contribution in [0.4, 0.5) is 0 Å². The van der Waals surface area contributed by atoms with Gasteiger partial charge < -0.3 is 4.74 Å². The Kier molecular flexibility index (Phi) is 5.83. The van der Waals surface area contributed by atoms with Crippen molar-refractivity contribution in [3.8, 4) is 0 Å². The third kappa shape index (κ3) is 4.73. The molecule has 0 aromatic heterocycles. The van der Waals surface area contributed by atoms with Gasteiger partial charge in [0.2, 0.25) is 0 Å². The summed E-state index contributed by atoms with van der Waals surface area (Å²) in [5.74, 6) is 0. The second-order valence-corrected chi connectivity index (χ2v) is 8.60. The Labute approximate surface area is 151 Å². The molecule has 0 spiro atoms.